The molecule has 18 heavy (non-hydrogen) atoms. The number of benzene rings is 2. The van der Waals surface area contributed by atoms with Crippen LogP contribution in [-0.2, 0) is 6.54 Å². The zero-order valence-electron chi connectivity index (χ0n) is 9.89. The molecule has 0 atom stereocenters. The third-order valence-corrected chi connectivity index (χ3v) is 2.64. The summed E-state index contributed by atoms with van der Waals surface area (Å²) >= 11 is 0. The lowest BCUT2D eigenvalue weighted by molar-refractivity contribution is 0.0951. The van der Waals surface area contributed by atoms with Crippen LogP contribution in [0.4, 0.5) is 11.4 Å². The standard InChI is InChI=1S/C14H15N3O/c15-12-7-6-11(8-13(12)16)14(18)17-9-10-4-2-1-3-5-10/h1-8H,9,15-16H2,(H,17,18). The van der Waals surface area contributed by atoms with E-state index < -0.39 is 0 Å². The molecule has 0 aliphatic heterocycles. The maximum atomic E-state index is 11.9. The first-order valence-electron chi connectivity index (χ1n) is 5.64. The van der Waals surface area contributed by atoms with E-state index in [1.54, 1.807) is 18.2 Å². The van der Waals surface area contributed by atoms with Gasteiger partial charge in [0, 0.05) is 12.1 Å². The zero-order valence-corrected chi connectivity index (χ0v) is 9.89. The molecule has 0 aliphatic rings. The van der Waals surface area contributed by atoms with E-state index in [1.807, 2.05) is 30.3 Å². The van der Waals surface area contributed by atoms with Crippen molar-refractivity contribution >= 4 is 17.3 Å². The van der Waals surface area contributed by atoms with Gasteiger partial charge in [-0.2, -0.15) is 0 Å². The van der Waals surface area contributed by atoms with E-state index in [4.69, 9.17) is 11.5 Å². The second kappa shape index (κ2) is 5.23. The predicted octanol–water partition coefficient (Wildman–Crippen LogP) is 1.78. The number of nitrogens with two attached hydrogens (primary N) is 2. The van der Waals surface area contributed by atoms with Crippen LogP contribution in [0.15, 0.2) is 48.5 Å². The van der Waals surface area contributed by atoms with Crippen LogP contribution in [0.25, 0.3) is 0 Å². The van der Waals surface area contributed by atoms with Crippen LogP contribution >= 0.6 is 0 Å². The lowest BCUT2D eigenvalue weighted by atomic mass is 10.1. The van der Waals surface area contributed by atoms with Gasteiger partial charge in [0.1, 0.15) is 0 Å². The normalized spacial score (nSPS) is 10.0. The van der Waals surface area contributed by atoms with Crippen molar-refractivity contribution in [1.29, 1.82) is 0 Å². The molecular formula is C14H15N3O. The van der Waals surface area contributed by atoms with E-state index in [0.717, 1.165) is 5.56 Å². The quantitative estimate of drug-likeness (QED) is 0.716. The SMILES string of the molecule is Nc1ccc(C(=O)NCc2ccccc2)cc1N. The van der Waals surface area contributed by atoms with Gasteiger partial charge in [-0.05, 0) is 23.8 Å². The second-order valence-corrected chi connectivity index (χ2v) is 4.01. The molecule has 4 heteroatoms. The van der Waals surface area contributed by atoms with Crippen LogP contribution in [0.3, 0.4) is 0 Å². The fourth-order valence-corrected chi connectivity index (χ4v) is 1.60. The molecule has 0 saturated carbocycles. The van der Waals surface area contributed by atoms with Crippen molar-refractivity contribution < 1.29 is 4.79 Å². The number of nitrogens with one attached hydrogen (secondary N) is 1. The van der Waals surface area contributed by atoms with E-state index in [2.05, 4.69) is 5.32 Å². The van der Waals surface area contributed by atoms with Gasteiger partial charge in [0.25, 0.3) is 5.91 Å². The summed E-state index contributed by atoms with van der Waals surface area (Å²) in [6.45, 7) is 0.490. The minimum absolute atomic E-state index is 0.162. The Hall–Kier alpha value is -2.49. The molecule has 5 N–H and O–H groups in total. The van der Waals surface area contributed by atoms with Crippen molar-refractivity contribution in [3.63, 3.8) is 0 Å². The third kappa shape index (κ3) is 2.79. The Bertz CT molecular complexity index is 552. The van der Waals surface area contributed by atoms with E-state index in [-0.39, 0.29) is 5.91 Å². The van der Waals surface area contributed by atoms with Gasteiger partial charge in [-0.3, -0.25) is 4.79 Å². The topological polar surface area (TPSA) is 81.1 Å². The molecule has 0 saturated heterocycles. The third-order valence-electron chi connectivity index (χ3n) is 2.64. The lowest BCUT2D eigenvalue weighted by Gasteiger charge is -2.07. The summed E-state index contributed by atoms with van der Waals surface area (Å²) in [5, 5.41) is 2.83. The summed E-state index contributed by atoms with van der Waals surface area (Å²) in [5.74, 6) is -0.162. The predicted molar refractivity (Wildman–Crippen MR) is 72.9 cm³/mol. The number of anilines is 2. The summed E-state index contributed by atoms with van der Waals surface area (Å²) in [7, 11) is 0. The Balaban J connectivity index is 2.02. The lowest BCUT2D eigenvalue weighted by Crippen LogP contribution is -2.22. The number of rotatable bonds is 3. The fraction of sp³-hybridized carbons (Fsp3) is 0.0714. The highest BCUT2D eigenvalue weighted by Gasteiger charge is 2.06. The highest BCUT2D eigenvalue weighted by molar-refractivity contribution is 5.95. The van der Waals surface area contributed by atoms with Crippen molar-refractivity contribution in [2.24, 2.45) is 0 Å². The molecule has 2 aromatic rings. The number of carbonyl (C=O) groups excluding carboxylic acids is 1. The average molecular weight is 241 g/mol. The number of carbonyl (C=O) groups is 1. The maximum absolute atomic E-state index is 11.9. The monoisotopic (exact) mass is 241 g/mol. The van der Waals surface area contributed by atoms with E-state index in [0.29, 0.717) is 23.5 Å². The van der Waals surface area contributed by atoms with Gasteiger partial charge in [-0.15, -0.1) is 0 Å². The van der Waals surface area contributed by atoms with Crippen molar-refractivity contribution in [3.8, 4) is 0 Å². The second-order valence-electron chi connectivity index (χ2n) is 4.01. The zero-order chi connectivity index (χ0) is 13.0. The molecule has 0 radical (unpaired) electrons. The van der Waals surface area contributed by atoms with Gasteiger partial charge in [0.05, 0.1) is 11.4 Å². The van der Waals surface area contributed by atoms with Gasteiger partial charge in [-0.1, -0.05) is 30.3 Å². The van der Waals surface area contributed by atoms with Crippen LogP contribution in [0.5, 0.6) is 0 Å². The summed E-state index contributed by atoms with van der Waals surface area (Å²) in [6, 6.07) is 14.6. The van der Waals surface area contributed by atoms with Crippen molar-refractivity contribution in [2.75, 3.05) is 11.5 Å². The first kappa shape index (κ1) is 12.0. The summed E-state index contributed by atoms with van der Waals surface area (Å²) in [4.78, 5) is 11.9. The molecule has 0 fully saturated rings. The average Bonchev–Trinajstić information content (AvgIpc) is 2.40. The molecule has 2 aromatic carbocycles. The van der Waals surface area contributed by atoms with E-state index in [9.17, 15) is 4.79 Å². The highest BCUT2D eigenvalue weighted by atomic mass is 16.1. The molecular weight excluding hydrogens is 226 g/mol. The number of hydrogen-bond acceptors (Lipinski definition) is 3. The van der Waals surface area contributed by atoms with Crippen molar-refractivity contribution in [3.05, 3.63) is 59.7 Å². The summed E-state index contributed by atoms with van der Waals surface area (Å²) in [5.41, 5.74) is 13.7. The van der Waals surface area contributed by atoms with Gasteiger partial charge in [0.2, 0.25) is 0 Å². The molecule has 0 heterocycles. The van der Waals surface area contributed by atoms with Crippen LogP contribution in [0.2, 0.25) is 0 Å². The molecule has 2 rings (SSSR count). The minimum Gasteiger partial charge on any atom is -0.397 e. The molecule has 0 aromatic heterocycles. The van der Waals surface area contributed by atoms with Crippen LogP contribution in [-0.4, -0.2) is 5.91 Å². The number of hydrogen-bond donors (Lipinski definition) is 3. The largest absolute Gasteiger partial charge is 0.397 e. The molecule has 0 bridgehead atoms. The van der Waals surface area contributed by atoms with Gasteiger partial charge >= 0.3 is 0 Å². The van der Waals surface area contributed by atoms with Crippen molar-refractivity contribution in [2.45, 2.75) is 6.54 Å². The molecule has 0 unspecified atom stereocenters. The Morgan fingerprint density at radius 1 is 1.00 bits per heavy atom. The highest BCUT2D eigenvalue weighted by Crippen LogP contribution is 2.15. The smallest absolute Gasteiger partial charge is 0.251 e. The van der Waals surface area contributed by atoms with E-state index >= 15 is 0 Å². The van der Waals surface area contributed by atoms with Gasteiger partial charge in [0.15, 0.2) is 0 Å². The Morgan fingerprint density at radius 2 is 1.72 bits per heavy atom. The van der Waals surface area contributed by atoms with Crippen LogP contribution < -0.4 is 16.8 Å². The first-order valence-corrected chi connectivity index (χ1v) is 5.64. The molecule has 92 valence electrons. The molecule has 0 aliphatic carbocycles. The maximum Gasteiger partial charge on any atom is 0.251 e. The van der Waals surface area contributed by atoms with Crippen molar-refractivity contribution in [1.82, 2.24) is 5.32 Å². The summed E-state index contributed by atoms with van der Waals surface area (Å²) in [6.07, 6.45) is 0. The molecule has 0 spiro atoms. The van der Waals surface area contributed by atoms with Crippen LogP contribution in [0.1, 0.15) is 15.9 Å². The molecule has 4 nitrogen and oxygen atoms in total. The van der Waals surface area contributed by atoms with E-state index in [1.165, 1.54) is 0 Å². The van der Waals surface area contributed by atoms with Crippen LogP contribution in [0, 0.1) is 0 Å². The fourth-order valence-electron chi connectivity index (χ4n) is 1.60. The summed E-state index contributed by atoms with van der Waals surface area (Å²) < 4.78 is 0. The van der Waals surface area contributed by atoms with Gasteiger partial charge < -0.3 is 16.8 Å². The van der Waals surface area contributed by atoms with Gasteiger partial charge in [-0.25, -0.2) is 0 Å². The number of nitrogen functional groups attached to an aromatic ring is 2. The number of amides is 1. The Morgan fingerprint density at radius 3 is 2.39 bits per heavy atom. The Labute approximate surface area is 106 Å². The minimum atomic E-state index is -0.162. The molecule has 1 amide bonds. The first-order chi connectivity index (χ1) is 8.66. The Kier molecular flexibility index (Phi) is 3.48.